The van der Waals surface area contributed by atoms with Crippen molar-refractivity contribution < 1.29 is 9.47 Å². The number of hydrogen-bond acceptors (Lipinski definition) is 3. The lowest BCUT2D eigenvalue weighted by Crippen LogP contribution is -2.38. The topological polar surface area (TPSA) is 30.5 Å². The summed E-state index contributed by atoms with van der Waals surface area (Å²) < 4.78 is 11.0. The fourth-order valence-electron chi connectivity index (χ4n) is 2.50. The van der Waals surface area contributed by atoms with Crippen molar-refractivity contribution in [3.63, 3.8) is 0 Å². The molecule has 0 bridgehead atoms. The van der Waals surface area contributed by atoms with Crippen LogP contribution in [0.2, 0.25) is 5.02 Å². The zero-order valence-corrected chi connectivity index (χ0v) is 12.4. The van der Waals surface area contributed by atoms with E-state index in [4.69, 9.17) is 21.1 Å². The molecule has 0 aliphatic carbocycles. The maximum atomic E-state index is 6.24. The molecule has 1 N–H and O–H groups in total. The lowest BCUT2D eigenvalue weighted by molar-refractivity contribution is -0.000337. The molecule has 106 valence electrons. The second-order valence-corrected chi connectivity index (χ2v) is 5.33. The molecule has 0 aromatic heterocycles. The molecule has 1 fully saturated rings. The Morgan fingerprint density at radius 3 is 3.05 bits per heavy atom. The van der Waals surface area contributed by atoms with Gasteiger partial charge in [-0.1, -0.05) is 24.6 Å². The quantitative estimate of drug-likeness (QED) is 0.898. The minimum atomic E-state index is 0.388. The first-order chi connectivity index (χ1) is 9.24. The maximum Gasteiger partial charge on any atom is 0.124 e. The van der Waals surface area contributed by atoms with Crippen LogP contribution in [0.3, 0.4) is 0 Å². The monoisotopic (exact) mass is 283 g/mol. The molecule has 1 aromatic rings. The van der Waals surface area contributed by atoms with Crippen LogP contribution in [0.25, 0.3) is 0 Å². The van der Waals surface area contributed by atoms with Crippen LogP contribution in [0.5, 0.6) is 5.75 Å². The minimum absolute atomic E-state index is 0.388. The molecule has 2 atom stereocenters. The third-order valence-corrected chi connectivity index (χ3v) is 4.04. The van der Waals surface area contributed by atoms with E-state index in [1.807, 2.05) is 18.2 Å². The largest absolute Gasteiger partial charge is 0.496 e. The number of halogens is 1. The molecule has 1 saturated heterocycles. The van der Waals surface area contributed by atoms with Crippen molar-refractivity contribution >= 4 is 11.6 Å². The predicted molar refractivity (Wildman–Crippen MR) is 77.9 cm³/mol. The Morgan fingerprint density at radius 2 is 2.32 bits per heavy atom. The molecule has 2 rings (SSSR count). The van der Waals surface area contributed by atoms with Gasteiger partial charge >= 0.3 is 0 Å². The Hall–Kier alpha value is -0.770. The zero-order chi connectivity index (χ0) is 13.7. The van der Waals surface area contributed by atoms with Gasteiger partial charge in [0.2, 0.25) is 0 Å². The first-order valence-electron chi connectivity index (χ1n) is 6.91. The summed E-state index contributed by atoms with van der Waals surface area (Å²) in [6.45, 7) is 3.75. The van der Waals surface area contributed by atoms with Gasteiger partial charge < -0.3 is 14.8 Å². The molecule has 3 nitrogen and oxygen atoms in total. The minimum Gasteiger partial charge on any atom is -0.496 e. The first-order valence-corrected chi connectivity index (χ1v) is 7.28. The molecule has 4 heteroatoms. The highest BCUT2D eigenvalue weighted by molar-refractivity contribution is 6.31. The van der Waals surface area contributed by atoms with Crippen LogP contribution in [-0.4, -0.2) is 25.9 Å². The summed E-state index contributed by atoms with van der Waals surface area (Å²) in [5.74, 6) is 0.846. The Morgan fingerprint density at radius 1 is 1.47 bits per heavy atom. The smallest absolute Gasteiger partial charge is 0.124 e. The fourth-order valence-corrected chi connectivity index (χ4v) is 2.73. The number of nitrogens with one attached hydrogen (secondary N) is 1. The van der Waals surface area contributed by atoms with Crippen LogP contribution >= 0.6 is 11.6 Å². The molecule has 1 aliphatic heterocycles. The molecule has 2 unspecified atom stereocenters. The summed E-state index contributed by atoms with van der Waals surface area (Å²) in [5, 5.41) is 4.33. The van der Waals surface area contributed by atoms with Crippen LogP contribution < -0.4 is 10.1 Å². The van der Waals surface area contributed by atoms with Crippen LogP contribution in [-0.2, 0) is 11.3 Å². The Bertz CT molecular complexity index is 411. The molecule has 1 heterocycles. The van der Waals surface area contributed by atoms with Gasteiger partial charge in [0, 0.05) is 29.8 Å². The molecule has 0 saturated carbocycles. The lowest BCUT2D eigenvalue weighted by Gasteiger charge is -2.30. The summed E-state index contributed by atoms with van der Waals surface area (Å²) >= 11 is 6.24. The second kappa shape index (κ2) is 7.13. The summed E-state index contributed by atoms with van der Waals surface area (Å²) in [6, 6.07) is 6.26. The molecule has 1 aliphatic rings. The van der Waals surface area contributed by atoms with Crippen LogP contribution in [0, 0.1) is 0 Å². The summed E-state index contributed by atoms with van der Waals surface area (Å²) in [5.41, 5.74) is 1.03. The molecule has 0 spiro atoms. The molecule has 0 amide bonds. The Balaban J connectivity index is 1.95. The van der Waals surface area contributed by atoms with Crippen molar-refractivity contribution in [2.75, 3.05) is 13.7 Å². The number of hydrogen-bond donors (Lipinski definition) is 1. The predicted octanol–water partition coefficient (Wildman–Crippen LogP) is 3.40. The van der Waals surface area contributed by atoms with E-state index in [9.17, 15) is 0 Å². The van der Waals surface area contributed by atoms with E-state index >= 15 is 0 Å². The number of methoxy groups -OCH3 is 1. The van der Waals surface area contributed by atoms with Crippen LogP contribution in [0.4, 0.5) is 0 Å². The third kappa shape index (κ3) is 3.85. The molecule has 1 aromatic carbocycles. The summed E-state index contributed by atoms with van der Waals surface area (Å²) in [4.78, 5) is 0. The first kappa shape index (κ1) is 14.6. The van der Waals surface area contributed by atoms with Crippen LogP contribution in [0.1, 0.15) is 31.7 Å². The normalized spacial score (nSPS) is 23.3. The Kier molecular flexibility index (Phi) is 5.49. The van der Waals surface area contributed by atoms with E-state index in [-0.39, 0.29) is 0 Å². The van der Waals surface area contributed by atoms with Gasteiger partial charge in [-0.2, -0.15) is 0 Å². The average Bonchev–Trinajstić information content (AvgIpc) is 2.46. The van der Waals surface area contributed by atoms with E-state index in [0.29, 0.717) is 12.1 Å². The van der Waals surface area contributed by atoms with Gasteiger partial charge in [0.15, 0.2) is 0 Å². The zero-order valence-electron chi connectivity index (χ0n) is 11.6. The van der Waals surface area contributed by atoms with Gasteiger partial charge in [0.05, 0.1) is 13.2 Å². The standard InChI is InChI=1S/C15H22ClNO2/c1-3-12-9-11(7-8-19-12)17-10-13-14(16)5-4-6-15(13)18-2/h4-6,11-12,17H,3,7-10H2,1-2H3. The fraction of sp³-hybridized carbons (Fsp3) is 0.600. The number of ether oxygens (including phenoxy) is 2. The summed E-state index contributed by atoms with van der Waals surface area (Å²) in [7, 11) is 1.68. The highest BCUT2D eigenvalue weighted by atomic mass is 35.5. The van der Waals surface area contributed by atoms with E-state index in [1.54, 1.807) is 7.11 Å². The van der Waals surface area contributed by atoms with Crippen molar-refractivity contribution in [3.8, 4) is 5.75 Å². The van der Waals surface area contributed by atoms with Crippen molar-refractivity contribution in [1.82, 2.24) is 5.32 Å². The van der Waals surface area contributed by atoms with Crippen molar-refractivity contribution in [1.29, 1.82) is 0 Å². The van der Waals surface area contributed by atoms with Gasteiger partial charge in [0.1, 0.15) is 5.75 Å². The van der Waals surface area contributed by atoms with Crippen molar-refractivity contribution in [2.45, 2.75) is 44.9 Å². The van der Waals surface area contributed by atoms with Gasteiger partial charge in [-0.15, -0.1) is 0 Å². The van der Waals surface area contributed by atoms with E-state index < -0.39 is 0 Å². The maximum absolute atomic E-state index is 6.24. The van der Waals surface area contributed by atoms with Gasteiger partial charge in [-0.05, 0) is 31.4 Å². The van der Waals surface area contributed by atoms with Gasteiger partial charge in [-0.25, -0.2) is 0 Å². The van der Waals surface area contributed by atoms with Crippen molar-refractivity contribution in [2.24, 2.45) is 0 Å². The van der Waals surface area contributed by atoms with Crippen molar-refractivity contribution in [3.05, 3.63) is 28.8 Å². The van der Waals surface area contributed by atoms with E-state index in [2.05, 4.69) is 12.2 Å². The Labute approximate surface area is 120 Å². The average molecular weight is 284 g/mol. The number of benzene rings is 1. The van der Waals surface area contributed by atoms with Gasteiger partial charge in [-0.3, -0.25) is 0 Å². The van der Waals surface area contributed by atoms with Gasteiger partial charge in [0.25, 0.3) is 0 Å². The second-order valence-electron chi connectivity index (χ2n) is 4.92. The molecular formula is C15H22ClNO2. The molecular weight excluding hydrogens is 262 g/mol. The molecule has 0 radical (unpaired) electrons. The SMILES string of the molecule is CCC1CC(NCc2c(Cl)cccc2OC)CCO1. The molecule has 19 heavy (non-hydrogen) atoms. The third-order valence-electron chi connectivity index (χ3n) is 3.69. The number of rotatable bonds is 5. The van der Waals surface area contributed by atoms with Crippen LogP contribution in [0.15, 0.2) is 18.2 Å². The summed E-state index contributed by atoms with van der Waals surface area (Å²) in [6.07, 6.45) is 3.60. The lowest BCUT2D eigenvalue weighted by atomic mass is 10.0. The van der Waals surface area contributed by atoms with E-state index in [1.165, 1.54) is 0 Å². The highest BCUT2D eigenvalue weighted by Crippen LogP contribution is 2.26. The highest BCUT2D eigenvalue weighted by Gasteiger charge is 2.21. The van der Waals surface area contributed by atoms with E-state index in [0.717, 1.165) is 48.7 Å².